The average molecular weight is 458 g/mol. The minimum Gasteiger partial charge on any atom is -0.444 e. The summed E-state index contributed by atoms with van der Waals surface area (Å²) in [6.07, 6.45) is 1.52. The van der Waals surface area contributed by atoms with Crippen molar-refractivity contribution in [2.24, 2.45) is 0 Å². The second kappa shape index (κ2) is 8.47. The highest BCUT2D eigenvalue weighted by molar-refractivity contribution is 6.62. The van der Waals surface area contributed by atoms with Crippen LogP contribution in [0.25, 0.3) is 0 Å². The number of hydrogen-bond acceptors (Lipinski definition) is 6. The van der Waals surface area contributed by atoms with Crippen molar-refractivity contribution in [3.8, 4) is 0 Å². The molecule has 1 aromatic carbocycles. The molecule has 3 aliphatic heterocycles. The lowest BCUT2D eigenvalue weighted by Gasteiger charge is -2.47. The fourth-order valence-corrected chi connectivity index (χ4v) is 4.62. The number of amides is 1. The number of hydrogen-bond donors (Lipinski definition) is 0. The van der Waals surface area contributed by atoms with Crippen LogP contribution in [0.5, 0.6) is 0 Å². The quantitative estimate of drug-likeness (QED) is 0.632. The Bertz CT molecular complexity index is 841. The van der Waals surface area contributed by atoms with Crippen molar-refractivity contribution < 1.29 is 23.6 Å². The zero-order chi connectivity index (χ0) is 24.1. The third-order valence-corrected chi connectivity index (χ3v) is 7.36. The van der Waals surface area contributed by atoms with E-state index in [9.17, 15) is 4.79 Å². The molecule has 1 spiro atoms. The summed E-state index contributed by atoms with van der Waals surface area (Å²) >= 11 is 0. The Morgan fingerprint density at radius 1 is 0.970 bits per heavy atom. The molecule has 7 nitrogen and oxygen atoms in total. The number of carbonyl (C=O) groups excluding carboxylic acids is 1. The van der Waals surface area contributed by atoms with Crippen molar-refractivity contribution in [1.82, 2.24) is 4.90 Å². The van der Waals surface area contributed by atoms with Gasteiger partial charge in [0.05, 0.1) is 30.0 Å². The van der Waals surface area contributed by atoms with E-state index in [1.165, 1.54) is 5.69 Å². The summed E-state index contributed by atoms with van der Waals surface area (Å²) in [5.41, 5.74) is 0.765. The summed E-state index contributed by atoms with van der Waals surface area (Å²) < 4.78 is 24.1. The lowest BCUT2D eigenvalue weighted by atomic mass is 9.79. The van der Waals surface area contributed by atoms with Crippen LogP contribution in [0.1, 0.15) is 61.3 Å². The molecule has 0 N–H and O–H groups in total. The second-order valence-electron chi connectivity index (χ2n) is 11.6. The Morgan fingerprint density at radius 2 is 1.55 bits per heavy atom. The number of ether oxygens (including phenoxy) is 2. The number of benzene rings is 1. The maximum Gasteiger partial charge on any atom is 0.494 e. The van der Waals surface area contributed by atoms with Crippen molar-refractivity contribution >= 4 is 24.4 Å². The summed E-state index contributed by atoms with van der Waals surface area (Å²) in [5, 5.41) is 0. The largest absolute Gasteiger partial charge is 0.494 e. The van der Waals surface area contributed by atoms with Crippen LogP contribution in [-0.4, -0.2) is 73.3 Å². The van der Waals surface area contributed by atoms with Crippen LogP contribution < -0.4 is 10.4 Å². The highest BCUT2D eigenvalue weighted by Crippen LogP contribution is 2.37. The third-order valence-electron chi connectivity index (χ3n) is 7.36. The molecule has 0 bridgehead atoms. The topological polar surface area (TPSA) is 60.5 Å². The number of rotatable bonds is 2. The van der Waals surface area contributed by atoms with Crippen LogP contribution in [0.15, 0.2) is 24.3 Å². The van der Waals surface area contributed by atoms with E-state index in [0.717, 1.165) is 31.4 Å². The smallest absolute Gasteiger partial charge is 0.444 e. The zero-order valence-electron chi connectivity index (χ0n) is 21.3. The SMILES string of the molecule is CC(C)(C)OC(=O)N1CCOC2(CCN(c3ccc(B4OC(C)(C)C(C)(C)O4)cc3)CC2)C1. The van der Waals surface area contributed by atoms with E-state index in [-0.39, 0.29) is 30.0 Å². The van der Waals surface area contributed by atoms with Crippen LogP contribution in [0.3, 0.4) is 0 Å². The van der Waals surface area contributed by atoms with E-state index in [1.807, 2.05) is 25.7 Å². The first-order chi connectivity index (χ1) is 15.3. The zero-order valence-corrected chi connectivity index (χ0v) is 21.3. The van der Waals surface area contributed by atoms with Crippen molar-refractivity contribution in [3.05, 3.63) is 24.3 Å². The molecule has 8 heteroatoms. The van der Waals surface area contributed by atoms with Crippen LogP contribution in [0.4, 0.5) is 10.5 Å². The monoisotopic (exact) mass is 458 g/mol. The number of piperidine rings is 1. The molecular formula is C25H39BN2O5. The van der Waals surface area contributed by atoms with Gasteiger partial charge in [-0.2, -0.15) is 0 Å². The maximum absolute atomic E-state index is 12.6. The van der Waals surface area contributed by atoms with Gasteiger partial charge in [0.2, 0.25) is 0 Å². The summed E-state index contributed by atoms with van der Waals surface area (Å²) in [6.45, 7) is 17.5. The van der Waals surface area contributed by atoms with Crippen molar-refractivity contribution in [1.29, 1.82) is 0 Å². The van der Waals surface area contributed by atoms with Crippen molar-refractivity contribution in [2.75, 3.05) is 37.7 Å². The second-order valence-corrected chi connectivity index (χ2v) is 11.6. The molecule has 3 fully saturated rings. The number of carbonyl (C=O) groups is 1. The highest BCUT2D eigenvalue weighted by atomic mass is 16.7. The Morgan fingerprint density at radius 3 is 2.09 bits per heavy atom. The van der Waals surface area contributed by atoms with Gasteiger partial charge in [-0.25, -0.2) is 4.79 Å². The van der Waals surface area contributed by atoms with Crippen LogP contribution >= 0.6 is 0 Å². The number of morpholine rings is 1. The van der Waals surface area contributed by atoms with E-state index < -0.39 is 5.60 Å². The molecule has 0 radical (unpaired) electrons. The Balaban J connectivity index is 1.35. The molecule has 3 aliphatic rings. The minimum atomic E-state index is -0.488. The van der Waals surface area contributed by atoms with Crippen LogP contribution in [0, 0.1) is 0 Å². The maximum atomic E-state index is 12.6. The number of anilines is 1. The van der Waals surface area contributed by atoms with Gasteiger partial charge in [-0.1, -0.05) is 12.1 Å². The predicted molar refractivity (Wildman–Crippen MR) is 130 cm³/mol. The summed E-state index contributed by atoms with van der Waals surface area (Å²) in [4.78, 5) is 16.8. The van der Waals surface area contributed by atoms with Gasteiger partial charge in [0, 0.05) is 25.3 Å². The molecule has 1 aromatic rings. The van der Waals surface area contributed by atoms with Gasteiger partial charge in [0.25, 0.3) is 0 Å². The van der Waals surface area contributed by atoms with Gasteiger partial charge < -0.3 is 28.6 Å². The molecule has 33 heavy (non-hydrogen) atoms. The van der Waals surface area contributed by atoms with Crippen LogP contribution in [-0.2, 0) is 18.8 Å². The minimum absolute atomic E-state index is 0.245. The van der Waals surface area contributed by atoms with E-state index in [4.69, 9.17) is 18.8 Å². The first-order valence-electron chi connectivity index (χ1n) is 12.1. The standard InChI is InChI=1S/C25H39BN2O5/c1-22(2,3)31-21(29)28-16-17-30-25(18-28)12-14-27(15-13-25)20-10-8-19(9-11-20)26-32-23(4,5)24(6,7)33-26/h8-11H,12-18H2,1-7H3. The molecule has 182 valence electrons. The van der Waals surface area contributed by atoms with Gasteiger partial charge >= 0.3 is 13.2 Å². The first-order valence-corrected chi connectivity index (χ1v) is 12.1. The molecule has 0 unspecified atom stereocenters. The molecule has 0 aliphatic carbocycles. The van der Waals surface area contributed by atoms with Crippen LogP contribution in [0.2, 0.25) is 0 Å². The van der Waals surface area contributed by atoms with E-state index in [1.54, 1.807) is 0 Å². The fourth-order valence-electron chi connectivity index (χ4n) is 4.62. The Labute approximate surface area is 198 Å². The highest BCUT2D eigenvalue weighted by Gasteiger charge is 2.51. The average Bonchev–Trinajstić information content (AvgIpc) is 2.95. The third kappa shape index (κ3) is 5.18. The van der Waals surface area contributed by atoms with Crippen molar-refractivity contribution in [3.63, 3.8) is 0 Å². The van der Waals surface area contributed by atoms with Crippen molar-refractivity contribution in [2.45, 2.75) is 83.7 Å². The molecule has 0 saturated carbocycles. The van der Waals surface area contributed by atoms with Gasteiger partial charge in [-0.05, 0) is 78.9 Å². The van der Waals surface area contributed by atoms with E-state index >= 15 is 0 Å². The molecule has 0 aromatic heterocycles. The summed E-state index contributed by atoms with van der Waals surface area (Å²) in [6, 6.07) is 8.49. The fraction of sp³-hybridized carbons (Fsp3) is 0.720. The van der Waals surface area contributed by atoms with E-state index in [0.29, 0.717) is 19.7 Å². The predicted octanol–water partition coefficient (Wildman–Crippen LogP) is 3.59. The van der Waals surface area contributed by atoms with Gasteiger partial charge in [-0.15, -0.1) is 0 Å². The molecule has 4 rings (SSSR count). The van der Waals surface area contributed by atoms with E-state index in [2.05, 4.69) is 56.9 Å². The molecule has 0 atom stereocenters. The lowest BCUT2D eigenvalue weighted by molar-refractivity contribution is -0.119. The molecule has 3 heterocycles. The van der Waals surface area contributed by atoms with Gasteiger partial charge in [-0.3, -0.25) is 0 Å². The lowest BCUT2D eigenvalue weighted by Crippen LogP contribution is -2.58. The Kier molecular flexibility index (Phi) is 6.25. The number of nitrogens with zero attached hydrogens (tertiary/aromatic N) is 2. The van der Waals surface area contributed by atoms with Gasteiger partial charge in [0.15, 0.2) is 0 Å². The molecule has 1 amide bonds. The molecular weight excluding hydrogens is 419 g/mol. The molecule has 3 saturated heterocycles. The normalized spacial score (nSPS) is 24.3. The first kappa shape index (κ1) is 24.4. The summed E-state index contributed by atoms with van der Waals surface area (Å²) in [5.74, 6) is 0. The Hall–Kier alpha value is -1.77. The summed E-state index contributed by atoms with van der Waals surface area (Å²) in [7, 11) is -0.344. The van der Waals surface area contributed by atoms with Gasteiger partial charge in [0.1, 0.15) is 5.60 Å².